The highest BCUT2D eigenvalue weighted by Gasteiger charge is 2.22. The van der Waals surface area contributed by atoms with Crippen molar-refractivity contribution < 1.29 is 4.74 Å². The number of rotatable bonds is 4. The van der Waals surface area contributed by atoms with Crippen LogP contribution in [-0.4, -0.2) is 30.5 Å². The van der Waals surface area contributed by atoms with E-state index in [0.29, 0.717) is 11.3 Å². The molecule has 1 aliphatic rings. The Bertz CT molecular complexity index is 355. The lowest BCUT2D eigenvalue weighted by Crippen LogP contribution is -2.35. The summed E-state index contributed by atoms with van der Waals surface area (Å²) in [6.45, 7) is 5.47. The lowest BCUT2D eigenvalue weighted by Gasteiger charge is -2.33. The van der Waals surface area contributed by atoms with Crippen LogP contribution in [0, 0.1) is 5.92 Å². The van der Waals surface area contributed by atoms with Gasteiger partial charge in [-0.2, -0.15) is 0 Å². The summed E-state index contributed by atoms with van der Waals surface area (Å²) in [6, 6.07) is 8.36. The molecule has 0 spiro atoms. The lowest BCUT2D eigenvalue weighted by atomic mass is 9.94. The summed E-state index contributed by atoms with van der Waals surface area (Å²) < 4.78 is 5.17. The smallest absolute Gasteiger partial charge is 0.118 e. The van der Waals surface area contributed by atoms with Gasteiger partial charge in [0.25, 0.3) is 0 Å². The molecule has 1 aromatic rings. The number of piperidine rings is 1. The van der Waals surface area contributed by atoms with E-state index in [2.05, 4.69) is 24.0 Å². The number of benzene rings is 1. The van der Waals surface area contributed by atoms with Gasteiger partial charge in [-0.15, -0.1) is 11.6 Å². The molecule has 18 heavy (non-hydrogen) atoms. The number of likely N-dealkylation sites (tertiary alicyclic amines) is 1. The second-order valence-corrected chi connectivity index (χ2v) is 5.83. The van der Waals surface area contributed by atoms with Crippen LogP contribution in [0.1, 0.15) is 25.3 Å². The predicted octanol–water partition coefficient (Wildman–Crippen LogP) is 3.53. The first-order valence-corrected chi connectivity index (χ1v) is 7.12. The highest BCUT2D eigenvalue weighted by Crippen LogP contribution is 2.25. The van der Waals surface area contributed by atoms with E-state index in [-0.39, 0.29) is 0 Å². The van der Waals surface area contributed by atoms with E-state index in [0.717, 1.165) is 25.4 Å². The number of hydrogen-bond acceptors (Lipinski definition) is 2. The third-order valence-corrected chi connectivity index (χ3v) is 4.20. The zero-order valence-corrected chi connectivity index (χ0v) is 12.0. The Kier molecular flexibility index (Phi) is 4.90. The molecule has 100 valence electrons. The molecule has 1 aromatic carbocycles. The van der Waals surface area contributed by atoms with Gasteiger partial charge in [0.05, 0.1) is 7.11 Å². The molecule has 1 aliphatic heterocycles. The minimum absolute atomic E-state index is 0.313. The topological polar surface area (TPSA) is 12.5 Å². The number of hydrogen-bond donors (Lipinski definition) is 0. The van der Waals surface area contributed by atoms with E-state index >= 15 is 0 Å². The summed E-state index contributed by atoms with van der Waals surface area (Å²) >= 11 is 6.17. The van der Waals surface area contributed by atoms with Crippen LogP contribution >= 0.6 is 11.6 Å². The SMILES string of the molecule is COc1ccc(CN2CCC(C(C)Cl)CC2)cc1. The fourth-order valence-electron chi connectivity index (χ4n) is 2.56. The van der Waals surface area contributed by atoms with Gasteiger partial charge in [0.15, 0.2) is 0 Å². The van der Waals surface area contributed by atoms with Gasteiger partial charge in [-0.05, 0) is 56.5 Å². The maximum absolute atomic E-state index is 6.17. The standard InChI is InChI=1S/C15H22ClNO/c1-12(16)14-7-9-17(10-8-14)11-13-3-5-15(18-2)6-4-13/h3-6,12,14H,7-11H2,1-2H3. The molecular weight excluding hydrogens is 246 g/mol. The normalized spacial score (nSPS) is 19.7. The van der Waals surface area contributed by atoms with Crippen LogP contribution in [0.2, 0.25) is 0 Å². The molecule has 0 aliphatic carbocycles. The fraction of sp³-hybridized carbons (Fsp3) is 0.600. The number of halogens is 1. The van der Waals surface area contributed by atoms with Gasteiger partial charge in [0, 0.05) is 11.9 Å². The summed E-state index contributed by atoms with van der Waals surface area (Å²) in [5.74, 6) is 1.62. The molecule has 1 atom stereocenters. The maximum Gasteiger partial charge on any atom is 0.118 e. The Balaban J connectivity index is 1.83. The van der Waals surface area contributed by atoms with Crippen LogP contribution in [0.5, 0.6) is 5.75 Å². The first kappa shape index (κ1) is 13.7. The molecule has 0 radical (unpaired) electrons. The minimum atomic E-state index is 0.313. The molecule has 0 aromatic heterocycles. The predicted molar refractivity (Wildman–Crippen MR) is 76.3 cm³/mol. The Hall–Kier alpha value is -0.730. The first-order chi connectivity index (χ1) is 8.69. The average Bonchev–Trinajstić information content (AvgIpc) is 2.40. The van der Waals surface area contributed by atoms with Gasteiger partial charge in [-0.25, -0.2) is 0 Å². The van der Waals surface area contributed by atoms with Gasteiger partial charge in [0.2, 0.25) is 0 Å². The van der Waals surface area contributed by atoms with E-state index in [9.17, 15) is 0 Å². The average molecular weight is 268 g/mol. The molecule has 0 N–H and O–H groups in total. The third kappa shape index (κ3) is 3.63. The molecule has 2 nitrogen and oxygen atoms in total. The van der Waals surface area contributed by atoms with Crippen molar-refractivity contribution in [2.24, 2.45) is 5.92 Å². The molecule has 1 saturated heterocycles. The highest BCUT2D eigenvalue weighted by atomic mass is 35.5. The Morgan fingerprint density at radius 3 is 2.39 bits per heavy atom. The van der Waals surface area contributed by atoms with Gasteiger partial charge >= 0.3 is 0 Å². The molecule has 3 heteroatoms. The number of ether oxygens (including phenoxy) is 1. The Labute approximate surface area is 115 Å². The van der Waals surface area contributed by atoms with E-state index in [4.69, 9.17) is 16.3 Å². The van der Waals surface area contributed by atoms with Crippen molar-refractivity contribution >= 4 is 11.6 Å². The van der Waals surface area contributed by atoms with Crippen LogP contribution in [0.25, 0.3) is 0 Å². The Morgan fingerprint density at radius 2 is 1.89 bits per heavy atom. The Morgan fingerprint density at radius 1 is 1.28 bits per heavy atom. The van der Waals surface area contributed by atoms with E-state index < -0.39 is 0 Å². The zero-order valence-electron chi connectivity index (χ0n) is 11.2. The monoisotopic (exact) mass is 267 g/mol. The van der Waals surface area contributed by atoms with Crippen molar-refractivity contribution in [3.8, 4) is 5.75 Å². The molecule has 1 fully saturated rings. The first-order valence-electron chi connectivity index (χ1n) is 6.68. The molecule has 0 bridgehead atoms. The van der Waals surface area contributed by atoms with Gasteiger partial charge < -0.3 is 4.74 Å². The van der Waals surface area contributed by atoms with Crippen LogP contribution < -0.4 is 4.74 Å². The third-order valence-electron chi connectivity index (χ3n) is 3.85. The summed E-state index contributed by atoms with van der Waals surface area (Å²) in [5.41, 5.74) is 1.35. The van der Waals surface area contributed by atoms with Crippen molar-refractivity contribution in [2.75, 3.05) is 20.2 Å². The summed E-state index contributed by atoms with van der Waals surface area (Å²) in [5, 5.41) is 0.313. The summed E-state index contributed by atoms with van der Waals surface area (Å²) in [7, 11) is 1.70. The van der Waals surface area contributed by atoms with Crippen molar-refractivity contribution in [3.63, 3.8) is 0 Å². The molecule has 0 saturated carbocycles. The van der Waals surface area contributed by atoms with Gasteiger partial charge in [-0.3, -0.25) is 4.90 Å². The van der Waals surface area contributed by atoms with Crippen molar-refractivity contribution in [1.29, 1.82) is 0 Å². The van der Waals surface area contributed by atoms with Crippen molar-refractivity contribution in [1.82, 2.24) is 4.90 Å². The molecule has 2 rings (SSSR count). The minimum Gasteiger partial charge on any atom is -0.497 e. The highest BCUT2D eigenvalue weighted by molar-refractivity contribution is 6.20. The number of alkyl halides is 1. The lowest BCUT2D eigenvalue weighted by molar-refractivity contribution is 0.176. The zero-order chi connectivity index (χ0) is 13.0. The summed E-state index contributed by atoms with van der Waals surface area (Å²) in [4.78, 5) is 2.51. The maximum atomic E-state index is 6.17. The van der Waals surface area contributed by atoms with Crippen molar-refractivity contribution in [2.45, 2.75) is 31.7 Å². The van der Waals surface area contributed by atoms with Crippen molar-refractivity contribution in [3.05, 3.63) is 29.8 Å². The number of methoxy groups -OCH3 is 1. The van der Waals surface area contributed by atoms with E-state index in [1.807, 2.05) is 12.1 Å². The largest absolute Gasteiger partial charge is 0.497 e. The summed E-state index contributed by atoms with van der Waals surface area (Å²) in [6.07, 6.45) is 2.45. The van der Waals surface area contributed by atoms with Crippen LogP contribution in [0.4, 0.5) is 0 Å². The van der Waals surface area contributed by atoms with Gasteiger partial charge in [-0.1, -0.05) is 12.1 Å². The van der Waals surface area contributed by atoms with Crippen LogP contribution in [0.15, 0.2) is 24.3 Å². The van der Waals surface area contributed by atoms with Gasteiger partial charge in [0.1, 0.15) is 5.75 Å². The molecule has 1 heterocycles. The second-order valence-electron chi connectivity index (χ2n) is 5.14. The quantitative estimate of drug-likeness (QED) is 0.774. The number of nitrogens with zero attached hydrogens (tertiary/aromatic N) is 1. The molecule has 1 unspecified atom stereocenters. The second kappa shape index (κ2) is 6.44. The van der Waals surface area contributed by atoms with Crippen LogP contribution in [0.3, 0.4) is 0 Å². The molecular formula is C15H22ClNO. The van der Waals surface area contributed by atoms with E-state index in [1.54, 1.807) is 7.11 Å². The van der Waals surface area contributed by atoms with E-state index in [1.165, 1.54) is 18.4 Å². The fourth-order valence-corrected chi connectivity index (χ4v) is 2.81. The van der Waals surface area contributed by atoms with Crippen LogP contribution in [-0.2, 0) is 6.54 Å². The molecule has 0 amide bonds.